The lowest BCUT2D eigenvalue weighted by atomic mass is 9.67. The molecule has 0 bridgehead atoms. The van der Waals surface area contributed by atoms with Crippen LogP contribution in [-0.2, 0) is 5.41 Å². The van der Waals surface area contributed by atoms with Crippen LogP contribution in [0.3, 0.4) is 0 Å². The van der Waals surface area contributed by atoms with Crippen molar-refractivity contribution in [3.8, 4) is 16.8 Å². The molecule has 1 heteroatoms. The van der Waals surface area contributed by atoms with Gasteiger partial charge in [0, 0.05) is 16.5 Å². The first kappa shape index (κ1) is 21.2. The third-order valence-corrected chi connectivity index (χ3v) is 8.28. The van der Waals surface area contributed by atoms with Crippen LogP contribution in [0, 0.1) is 0 Å². The zero-order valence-corrected chi connectivity index (χ0v) is 20.9. The van der Waals surface area contributed by atoms with Crippen LogP contribution in [0.2, 0.25) is 0 Å². The van der Waals surface area contributed by atoms with E-state index in [4.69, 9.17) is 0 Å². The summed E-state index contributed by atoms with van der Waals surface area (Å²) in [5, 5.41) is 2.56. The first-order chi connectivity index (χ1) is 18.9. The molecular weight excluding hydrogens is 458 g/mol. The fourth-order valence-electron chi connectivity index (χ4n) is 6.79. The van der Waals surface area contributed by atoms with E-state index in [1.807, 2.05) is 0 Å². The maximum absolute atomic E-state index is 2.42. The van der Waals surface area contributed by atoms with Crippen LogP contribution in [0.25, 0.3) is 38.6 Å². The quantitative estimate of drug-likeness (QED) is 0.236. The Morgan fingerprint density at radius 3 is 1.53 bits per heavy atom. The summed E-state index contributed by atoms with van der Waals surface area (Å²) in [4.78, 5) is 0. The molecule has 0 fully saturated rings. The first-order valence-corrected chi connectivity index (χ1v) is 13.2. The zero-order chi connectivity index (χ0) is 25.1. The lowest BCUT2D eigenvalue weighted by Crippen LogP contribution is -2.28. The Balaban J connectivity index is 1.48. The molecule has 1 heterocycles. The molecule has 7 aromatic rings. The van der Waals surface area contributed by atoms with Crippen molar-refractivity contribution in [1.82, 2.24) is 4.57 Å². The summed E-state index contributed by atoms with van der Waals surface area (Å²) in [6, 6.07) is 55.5. The summed E-state index contributed by atoms with van der Waals surface area (Å²) < 4.78 is 2.42. The summed E-state index contributed by atoms with van der Waals surface area (Å²) in [7, 11) is 0. The van der Waals surface area contributed by atoms with Gasteiger partial charge in [0.25, 0.3) is 0 Å². The molecule has 1 aliphatic carbocycles. The third kappa shape index (κ3) is 2.76. The molecule has 0 aliphatic heterocycles. The van der Waals surface area contributed by atoms with Gasteiger partial charge in [-0.15, -0.1) is 0 Å². The van der Waals surface area contributed by atoms with E-state index in [0.717, 1.165) is 0 Å². The zero-order valence-electron chi connectivity index (χ0n) is 20.9. The van der Waals surface area contributed by atoms with Crippen molar-refractivity contribution < 1.29 is 0 Å². The van der Waals surface area contributed by atoms with E-state index in [1.165, 1.54) is 60.9 Å². The lowest BCUT2D eigenvalue weighted by molar-refractivity contribution is 0.767. The number of benzene rings is 6. The minimum Gasteiger partial charge on any atom is -0.309 e. The molecule has 1 aliphatic rings. The van der Waals surface area contributed by atoms with E-state index < -0.39 is 5.41 Å². The molecule has 0 amide bonds. The Hall–Kier alpha value is -4.88. The highest BCUT2D eigenvalue weighted by atomic mass is 15.0. The van der Waals surface area contributed by atoms with E-state index in [9.17, 15) is 0 Å². The van der Waals surface area contributed by atoms with Gasteiger partial charge >= 0.3 is 0 Å². The molecule has 0 unspecified atom stereocenters. The second-order valence-electron chi connectivity index (χ2n) is 10.1. The second kappa shape index (κ2) is 8.06. The summed E-state index contributed by atoms with van der Waals surface area (Å²) in [6.45, 7) is 0. The number of aromatic nitrogens is 1. The van der Waals surface area contributed by atoms with Gasteiger partial charge in [-0.3, -0.25) is 0 Å². The van der Waals surface area contributed by atoms with Gasteiger partial charge in [0.05, 0.1) is 16.4 Å². The number of nitrogens with zero attached hydrogens (tertiary/aromatic N) is 1. The van der Waals surface area contributed by atoms with Crippen molar-refractivity contribution in [3.63, 3.8) is 0 Å². The molecule has 0 saturated heterocycles. The second-order valence-corrected chi connectivity index (χ2v) is 10.1. The SMILES string of the molecule is c1ccc(C2(c3cccc(-n4c5ccccc5c5ccccc54)c3)c3ccccc3-c3ccccc32)cc1. The molecule has 178 valence electrons. The fraction of sp³-hybridized carbons (Fsp3) is 0.0270. The van der Waals surface area contributed by atoms with E-state index >= 15 is 0 Å². The first-order valence-electron chi connectivity index (χ1n) is 13.2. The number of hydrogen-bond donors (Lipinski definition) is 0. The highest BCUT2D eigenvalue weighted by Crippen LogP contribution is 2.56. The molecule has 0 radical (unpaired) electrons. The van der Waals surface area contributed by atoms with Gasteiger partial charge in [-0.05, 0) is 57.6 Å². The van der Waals surface area contributed by atoms with E-state index in [1.54, 1.807) is 0 Å². The van der Waals surface area contributed by atoms with E-state index in [2.05, 4.69) is 156 Å². The Labute approximate surface area is 222 Å². The summed E-state index contributed by atoms with van der Waals surface area (Å²) in [5.74, 6) is 0. The minimum atomic E-state index is -0.400. The Morgan fingerprint density at radius 2 is 0.895 bits per heavy atom. The van der Waals surface area contributed by atoms with Crippen molar-refractivity contribution in [2.75, 3.05) is 0 Å². The standard InChI is InChI=1S/C37H25N/c1-2-13-26(14-3-1)37(33-21-8-4-17-29(33)30-18-5-9-22-34(30)37)27-15-12-16-28(25-27)38-35-23-10-6-19-31(35)32-20-7-11-24-36(32)38/h1-25H. The normalized spacial score (nSPS) is 13.5. The van der Waals surface area contributed by atoms with Crippen LogP contribution in [0.1, 0.15) is 22.3 Å². The predicted molar refractivity (Wildman–Crippen MR) is 158 cm³/mol. The topological polar surface area (TPSA) is 4.93 Å². The predicted octanol–water partition coefficient (Wildman–Crippen LogP) is 9.15. The lowest BCUT2D eigenvalue weighted by Gasteiger charge is -2.34. The maximum Gasteiger partial charge on any atom is 0.0714 e. The molecule has 8 rings (SSSR count). The van der Waals surface area contributed by atoms with Gasteiger partial charge < -0.3 is 4.57 Å². The Bertz CT molecular complexity index is 1880. The van der Waals surface area contributed by atoms with Gasteiger partial charge in [-0.25, -0.2) is 0 Å². The smallest absolute Gasteiger partial charge is 0.0714 e. The van der Waals surface area contributed by atoms with Crippen molar-refractivity contribution in [2.45, 2.75) is 5.41 Å². The average Bonchev–Trinajstić information content (AvgIpc) is 3.49. The summed E-state index contributed by atoms with van der Waals surface area (Å²) in [6.07, 6.45) is 0. The monoisotopic (exact) mass is 483 g/mol. The Kier molecular flexibility index (Phi) is 4.50. The van der Waals surface area contributed by atoms with Gasteiger partial charge in [-0.2, -0.15) is 0 Å². The van der Waals surface area contributed by atoms with Crippen LogP contribution >= 0.6 is 0 Å². The molecule has 0 N–H and O–H groups in total. The molecule has 0 spiro atoms. The van der Waals surface area contributed by atoms with Crippen molar-refractivity contribution in [1.29, 1.82) is 0 Å². The molecule has 0 saturated carbocycles. The van der Waals surface area contributed by atoms with Crippen LogP contribution in [0.15, 0.2) is 152 Å². The van der Waals surface area contributed by atoms with E-state index in [-0.39, 0.29) is 0 Å². The van der Waals surface area contributed by atoms with Gasteiger partial charge in [-0.1, -0.05) is 127 Å². The average molecular weight is 484 g/mol. The fourth-order valence-corrected chi connectivity index (χ4v) is 6.79. The van der Waals surface area contributed by atoms with Crippen LogP contribution in [0.4, 0.5) is 0 Å². The van der Waals surface area contributed by atoms with Crippen LogP contribution in [-0.4, -0.2) is 4.57 Å². The molecule has 0 atom stereocenters. The Morgan fingerprint density at radius 1 is 0.395 bits per heavy atom. The maximum atomic E-state index is 2.42. The van der Waals surface area contributed by atoms with Gasteiger partial charge in [0.1, 0.15) is 0 Å². The highest BCUT2D eigenvalue weighted by molar-refractivity contribution is 6.09. The van der Waals surface area contributed by atoms with Crippen molar-refractivity contribution in [3.05, 3.63) is 174 Å². The van der Waals surface area contributed by atoms with Gasteiger partial charge in [0.2, 0.25) is 0 Å². The minimum absolute atomic E-state index is 0.400. The molecule has 38 heavy (non-hydrogen) atoms. The largest absolute Gasteiger partial charge is 0.309 e. The third-order valence-electron chi connectivity index (χ3n) is 8.28. The highest BCUT2D eigenvalue weighted by Gasteiger charge is 2.45. The number of rotatable bonds is 3. The van der Waals surface area contributed by atoms with E-state index in [0.29, 0.717) is 0 Å². The van der Waals surface area contributed by atoms with Gasteiger partial charge in [0.15, 0.2) is 0 Å². The summed E-state index contributed by atoms with van der Waals surface area (Å²) in [5.41, 5.74) is 11.1. The number of fused-ring (bicyclic) bond motifs is 6. The van der Waals surface area contributed by atoms with Crippen molar-refractivity contribution >= 4 is 21.8 Å². The van der Waals surface area contributed by atoms with Crippen LogP contribution < -0.4 is 0 Å². The summed E-state index contributed by atoms with van der Waals surface area (Å²) >= 11 is 0. The number of hydrogen-bond acceptors (Lipinski definition) is 0. The molecular formula is C37H25N. The number of para-hydroxylation sites is 2. The molecule has 1 nitrogen and oxygen atoms in total. The van der Waals surface area contributed by atoms with Crippen molar-refractivity contribution in [2.24, 2.45) is 0 Å². The molecule has 1 aromatic heterocycles. The van der Waals surface area contributed by atoms with Crippen LogP contribution in [0.5, 0.6) is 0 Å². The molecule has 6 aromatic carbocycles.